The van der Waals surface area contributed by atoms with E-state index in [2.05, 4.69) is 4.98 Å². The molecule has 0 aromatic carbocycles. The average Bonchev–Trinajstić information content (AvgIpc) is 3.02. The van der Waals surface area contributed by atoms with Crippen molar-refractivity contribution < 1.29 is 18.7 Å². The summed E-state index contributed by atoms with van der Waals surface area (Å²) in [6.07, 6.45) is 2.13. The first-order chi connectivity index (χ1) is 11.1. The molecule has 126 valence electrons. The molecule has 0 spiro atoms. The number of rotatable bonds is 4. The lowest BCUT2D eigenvalue weighted by Gasteiger charge is -2.32. The van der Waals surface area contributed by atoms with Gasteiger partial charge in [0.2, 0.25) is 0 Å². The van der Waals surface area contributed by atoms with Crippen LogP contribution in [0.3, 0.4) is 0 Å². The standard InChI is InChI=1S/C16H21FN2O3S/c1-10-18-11(9-23-10)8-22-13-7-19(15(20)16(17)4-5-16)12-3-2-6-21-14(12)13/h9,12-14H,2-8H2,1H3/t12-,13+,14+/m1/s1. The molecule has 5 nitrogen and oxygen atoms in total. The van der Waals surface area contributed by atoms with Crippen molar-refractivity contribution in [3.05, 3.63) is 16.1 Å². The van der Waals surface area contributed by atoms with Gasteiger partial charge in [-0.15, -0.1) is 11.3 Å². The van der Waals surface area contributed by atoms with Gasteiger partial charge in [-0.2, -0.15) is 0 Å². The van der Waals surface area contributed by atoms with Gasteiger partial charge in [-0.05, 0) is 32.6 Å². The van der Waals surface area contributed by atoms with Crippen molar-refractivity contribution in [3.8, 4) is 0 Å². The van der Waals surface area contributed by atoms with Gasteiger partial charge in [0.1, 0.15) is 12.2 Å². The maximum absolute atomic E-state index is 14.2. The second kappa shape index (κ2) is 5.79. The lowest BCUT2D eigenvalue weighted by Crippen LogP contribution is -2.46. The zero-order valence-corrected chi connectivity index (χ0v) is 14.0. The van der Waals surface area contributed by atoms with Crippen LogP contribution in [0.2, 0.25) is 0 Å². The normalized spacial score (nSPS) is 31.9. The summed E-state index contributed by atoms with van der Waals surface area (Å²) in [5, 5.41) is 2.99. The quantitative estimate of drug-likeness (QED) is 0.843. The molecule has 0 radical (unpaired) electrons. The largest absolute Gasteiger partial charge is 0.373 e. The van der Waals surface area contributed by atoms with E-state index in [9.17, 15) is 9.18 Å². The van der Waals surface area contributed by atoms with Crippen molar-refractivity contribution in [3.63, 3.8) is 0 Å². The zero-order chi connectivity index (χ0) is 16.0. The smallest absolute Gasteiger partial charge is 0.260 e. The minimum atomic E-state index is -1.62. The number of ether oxygens (including phenoxy) is 2. The van der Waals surface area contributed by atoms with Gasteiger partial charge in [0, 0.05) is 12.0 Å². The van der Waals surface area contributed by atoms with E-state index < -0.39 is 5.67 Å². The van der Waals surface area contributed by atoms with Crippen molar-refractivity contribution in [1.29, 1.82) is 0 Å². The monoisotopic (exact) mass is 340 g/mol. The number of aromatic nitrogens is 1. The lowest BCUT2D eigenvalue weighted by atomic mass is 10.0. The average molecular weight is 340 g/mol. The molecule has 4 rings (SSSR count). The minimum Gasteiger partial charge on any atom is -0.373 e. The molecule has 1 saturated carbocycles. The Labute approximate surface area is 138 Å². The first-order valence-corrected chi connectivity index (χ1v) is 9.09. The molecule has 3 heterocycles. The SMILES string of the molecule is Cc1nc(CO[C@H]2CN(C(=O)C3(F)CC3)[C@@H]3CCCO[C@H]23)cs1. The molecule has 3 fully saturated rings. The van der Waals surface area contributed by atoms with E-state index >= 15 is 0 Å². The van der Waals surface area contributed by atoms with Crippen molar-refractivity contribution in [2.45, 2.75) is 63.1 Å². The second-order valence-electron chi connectivity index (χ2n) is 6.68. The second-order valence-corrected chi connectivity index (χ2v) is 7.74. The van der Waals surface area contributed by atoms with E-state index in [0.717, 1.165) is 23.5 Å². The van der Waals surface area contributed by atoms with Crippen LogP contribution in [-0.2, 0) is 20.9 Å². The Balaban J connectivity index is 1.45. The Morgan fingerprint density at radius 1 is 1.61 bits per heavy atom. The number of amides is 1. The highest BCUT2D eigenvalue weighted by atomic mass is 32.1. The van der Waals surface area contributed by atoms with Crippen LogP contribution in [0.5, 0.6) is 0 Å². The summed E-state index contributed by atoms with van der Waals surface area (Å²) in [5.74, 6) is -0.367. The Morgan fingerprint density at radius 2 is 2.43 bits per heavy atom. The van der Waals surface area contributed by atoms with Crippen LogP contribution in [0.1, 0.15) is 36.4 Å². The fourth-order valence-electron chi connectivity index (χ4n) is 3.54. The van der Waals surface area contributed by atoms with Gasteiger partial charge >= 0.3 is 0 Å². The number of alkyl halides is 1. The highest BCUT2D eigenvalue weighted by Gasteiger charge is 2.57. The van der Waals surface area contributed by atoms with Gasteiger partial charge in [-0.3, -0.25) is 4.79 Å². The fraction of sp³-hybridized carbons (Fsp3) is 0.750. The molecule has 23 heavy (non-hydrogen) atoms. The van der Waals surface area contributed by atoms with Crippen LogP contribution in [0.4, 0.5) is 4.39 Å². The van der Waals surface area contributed by atoms with Gasteiger partial charge in [-0.25, -0.2) is 9.37 Å². The molecule has 1 aromatic heterocycles. The third kappa shape index (κ3) is 2.90. The molecule has 0 unspecified atom stereocenters. The van der Waals surface area contributed by atoms with Crippen molar-refractivity contribution >= 4 is 17.2 Å². The summed E-state index contributed by atoms with van der Waals surface area (Å²) in [6, 6.07) is -0.0494. The topological polar surface area (TPSA) is 51.7 Å². The van der Waals surface area contributed by atoms with Crippen LogP contribution in [0.15, 0.2) is 5.38 Å². The summed E-state index contributed by atoms with van der Waals surface area (Å²) < 4.78 is 26.1. The molecule has 0 bridgehead atoms. The minimum absolute atomic E-state index is 0.0494. The van der Waals surface area contributed by atoms with Crippen LogP contribution >= 0.6 is 11.3 Å². The Kier molecular flexibility index (Phi) is 3.90. The van der Waals surface area contributed by atoms with Crippen molar-refractivity contribution in [2.75, 3.05) is 13.2 Å². The number of fused-ring (bicyclic) bond motifs is 1. The van der Waals surface area contributed by atoms with E-state index in [4.69, 9.17) is 9.47 Å². The molecule has 2 aliphatic heterocycles. The van der Waals surface area contributed by atoms with Gasteiger partial charge in [0.05, 0.1) is 29.9 Å². The number of thiazole rings is 1. The summed E-state index contributed by atoms with van der Waals surface area (Å²) in [7, 11) is 0. The molecule has 0 N–H and O–H groups in total. The predicted molar refractivity (Wildman–Crippen MR) is 83.0 cm³/mol. The van der Waals surface area contributed by atoms with Crippen molar-refractivity contribution in [1.82, 2.24) is 9.88 Å². The number of carbonyl (C=O) groups excluding carboxylic acids is 1. The molecular formula is C16H21FN2O3S. The first kappa shape index (κ1) is 15.5. The number of hydrogen-bond acceptors (Lipinski definition) is 5. The maximum Gasteiger partial charge on any atom is 0.260 e. The van der Waals surface area contributed by atoms with Gasteiger partial charge in [-0.1, -0.05) is 0 Å². The Morgan fingerprint density at radius 3 is 3.13 bits per heavy atom. The van der Waals surface area contributed by atoms with Crippen molar-refractivity contribution in [2.24, 2.45) is 0 Å². The fourth-order valence-corrected chi connectivity index (χ4v) is 4.13. The third-order valence-electron chi connectivity index (χ3n) is 4.92. The van der Waals surface area contributed by atoms with E-state index in [1.54, 1.807) is 16.2 Å². The Bertz CT molecular complexity index is 604. The van der Waals surface area contributed by atoms with Crippen LogP contribution in [-0.4, -0.2) is 52.9 Å². The van der Waals surface area contributed by atoms with E-state index in [1.807, 2.05) is 12.3 Å². The molecule has 1 amide bonds. The number of halogens is 1. The Hall–Kier alpha value is -1.05. The van der Waals surface area contributed by atoms with Gasteiger partial charge in [0.15, 0.2) is 5.67 Å². The molecular weight excluding hydrogens is 319 g/mol. The molecule has 3 atom stereocenters. The number of aryl methyl sites for hydroxylation is 1. The molecule has 7 heteroatoms. The summed E-state index contributed by atoms with van der Waals surface area (Å²) >= 11 is 1.59. The molecule has 1 aliphatic carbocycles. The van der Waals surface area contributed by atoms with Gasteiger partial charge < -0.3 is 14.4 Å². The highest BCUT2D eigenvalue weighted by Crippen LogP contribution is 2.44. The summed E-state index contributed by atoms with van der Waals surface area (Å²) in [5.41, 5.74) is -0.725. The van der Waals surface area contributed by atoms with E-state index in [1.165, 1.54) is 0 Å². The number of carbonyl (C=O) groups is 1. The highest BCUT2D eigenvalue weighted by molar-refractivity contribution is 7.09. The maximum atomic E-state index is 14.2. The number of hydrogen-bond donors (Lipinski definition) is 0. The molecule has 1 aromatic rings. The molecule has 3 aliphatic rings. The summed E-state index contributed by atoms with van der Waals surface area (Å²) in [4.78, 5) is 18.5. The summed E-state index contributed by atoms with van der Waals surface area (Å²) in [6.45, 7) is 3.47. The van der Waals surface area contributed by atoms with E-state index in [0.29, 0.717) is 32.6 Å². The molecule has 2 saturated heterocycles. The van der Waals surface area contributed by atoms with Crippen LogP contribution in [0.25, 0.3) is 0 Å². The zero-order valence-electron chi connectivity index (χ0n) is 13.2. The van der Waals surface area contributed by atoms with Crippen LogP contribution in [0, 0.1) is 6.92 Å². The number of likely N-dealkylation sites (tertiary alicyclic amines) is 1. The third-order valence-corrected chi connectivity index (χ3v) is 5.74. The predicted octanol–water partition coefficient (Wildman–Crippen LogP) is 2.23. The number of nitrogens with zero attached hydrogens (tertiary/aromatic N) is 2. The lowest BCUT2D eigenvalue weighted by molar-refractivity contribution is -0.141. The first-order valence-electron chi connectivity index (χ1n) is 8.21. The van der Waals surface area contributed by atoms with E-state index in [-0.39, 0.29) is 24.2 Å². The van der Waals surface area contributed by atoms with Gasteiger partial charge in [0.25, 0.3) is 5.91 Å². The van der Waals surface area contributed by atoms with Crippen LogP contribution < -0.4 is 0 Å².